The Morgan fingerprint density at radius 2 is 1.24 bits per heavy atom. The Morgan fingerprint density at radius 3 is 1.56 bits per heavy atom. The molecule has 0 amide bonds. The Labute approximate surface area is 534 Å². The monoisotopic (exact) mass is 1270 g/mol. The molecule has 2 unspecified atom stereocenters. The molecule has 1 saturated heterocycles. The predicted molar refractivity (Wildman–Crippen MR) is 349 cm³/mol. The van der Waals surface area contributed by atoms with Gasteiger partial charge in [-0.1, -0.05) is 209 Å². The number of aryl methyl sites for hydroxylation is 1. The molecule has 0 N–H and O–H groups in total. The van der Waals surface area contributed by atoms with Crippen molar-refractivity contribution in [2.24, 2.45) is 11.3 Å². The summed E-state index contributed by atoms with van der Waals surface area (Å²) < 4.78 is 27.4. The Bertz CT molecular complexity index is 3380. The van der Waals surface area contributed by atoms with Crippen molar-refractivity contribution in [1.29, 1.82) is 15.8 Å². The molecule has 8 aromatic rings. The molecule has 0 radical (unpaired) electrons. The van der Waals surface area contributed by atoms with Crippen LogP contribution in [0.2, 0.25) is 10.2 Å². The molecule has 0 bridgehead atoms. The number of benzene rings is 1. The molecule has 7 aromatic heterocycles. The van der Waals surface area contributed by atoms with Crippen LogP contribution in [0.4, 0.5) is 0 Å². The Balaban J connectivity index is 0.000000340. The van der Waals surface area contributed by atoms with E-state index in [-0.39, 0.29) is 50.4 Å². The van der Waals surface area contributed by atoms with Crippen LogP contribution in [0.3, 0.4) is 0 Å². The molecule has 9 rings (SSSR count). The molecule has 22 heteroatoms. The first-order valence-electron chi connectivity index (χ1n) is 28.6. The minimum absolute atomic E-state index is 0.0231. The van der Waals surface area contributed by atoms with E-state index in [4.69, 9.17) is 52.6 Å². The molecule has 2 atom stereocenters. The van der Waals surface area contributed by atoms with Gasteiger partial charge in [-0.25, -0.2) is 15.0 Å². The molecule has 1 fully saturated rings. The van der Waals surface area contributed by atoms with Crippen LogP contribution in [-0.4, -0.2) is 60.8 Å². The standard InChI is InChI=1S/C11H13NOS.C9H18O.2C8H10ClN.C8H10N2O.2C7H9N3O.C7H12N2S/c1-11(2,3)12-10(13)8-6-4-5-7-9(8)14-12;1-6(2)7-8(10-7)9(3,4)5;1-6(2)7-5-10-4-3-8(7)9;1-6(2)7-3-4-8(9)10-5-7;1-8(2,3)6-5-10-7(4-9)11-6;1-7(2,3)6-10-9-5(4-8)11-6;1-7(2,3)6-9-5(4-8)11-10-6;1-5-8-6(9-10-5)7(2,3)4/h4-7H,1-3H3;6-8H,1-5H3;2*3-6H,1-2H3;5H,1-3H3;2*1-3H3;1-4H3. The van der Waals surface area contributed by atoms with Crippen LogP contribution in [0.25, 0.3) is 10.1 Å². The van der Waals surface area contributed by atoms with Gasteiger partial charge in [-0.3, -0.25) is 13.7 Å². The SMILES string of the molecule is CC(C)(C)c1cnc(C#N)o1.CC(C)(C)c1nnc(C#N)o1.CC(C)(C)c1noc(C#N)n1.CC(C)(C)n1sc2ccccc2c1=O.CC(C)C1OC1C(C)(C)C.CC(C)c1ccc(Cl)nc1.CC(C)c1cnccc1Cl.Cc1nc(C(C)(C)C)ns1. The highest BCUT2D eigenvalue weighted by atomic mass is 35.5. The van der Waals surface area contributed by atoms with Crippen molar-refractivity contribution < 1.29 is 18.1 Å². The van der Waals surface area contributed by atoms with Gasteiger partial charge < -0.3 is 18.1 Å². The Kier molecular flexibility index (Phi) is 29.0. The third-order valence-electron chi connectivity index (χ3n) is 11.9. The number of epoxide rings is 1. The fourth-order valence-electron chi connectivity index (χ4n) is 6.71. The van der Waals surface area contributed by atoms with Gasteiger partial charge >= 0.3 is 17.7 Å². The molecule has 472 valence electrons. The maximum Gasteiger partial charge on any atom is 0.329 e. The maximum absolute atomic E-state index is 11.9. The lowest BCUT2D eigenvalue weighted by Gasteiger charge is -2.17. The van der Waals surface area contributed by atoms with Gasteiger partial charge in [0.1, 0.15) is 21.7 Å². The zero-order valence-corrected chi connectivity index (χ0v) is 58.8. The van der Waals surface area contributed by atoms with Crippen LogP contribution >= 0.6 is 46.3 Å². The third-order valence-corrected chi connectivity index (χ3v) is 14.5. The maximum atomic E-state index is 11.9. The van der Waals surface area contributed by atoms with E-state index < -0.39 is 0 Å². The van der Waals surface area contributed by atoms with Crippen LogP contribution in [0.1, 0.15) is 235 Å². The van der Waals surface area contributed by atoms with Gasteiger partial charge in [-0.2, -0.15) is 25.1 Å². The Hall–Kier alpha value is -6.73. The minimum atomic E-state index is -0.178. The van der Waals surface area contributed by atoms with E-state index >= 15 is 0 Å². The smallest absolute Gasteiger partial charge is 0.329 e. The van der Waals surface area contributed by atoms with Gasteiger partial charge in [0.05, 0.1) is 34.0 Å². The van der Waals surface area contributed by atoms with Crippen molar-refractivity contribution >= 4 is 56.4 Å². The number of nitriles is 3. The van der Waals surface area contributed by atoms with Gasteiger partial charge in [0.25, 0.3) is 5.56 Å². The fourth-order valence-corrected chi connectivity index (χ4v) is 8.85. The molecule has 87 heavy (non-hydrogen) atoms. The van der Waals surface area contributed by atoms with E-state index in [0.717, 1.165) is 37.3 Å². The normalized spacial score (nSPS) is 13.7. The summed E-state index contributed by atoms with van der Waals surface area (Å²) in [6, 6.07) is 18.8. The van der Waals surface area contributed by atoms with E-state index in [1.165, 1.54) is 28.6 Å². The topological polar surface area (TPSA) is 261 Å². The fraction of sp³-hybridized carbons (Fsp3) is 0.554. The van der Waals surface area contributed by atoms with E-state index in [1.807, 2.05) is 155 Å². The molecule has 8 heterocycles. The van der Waals surface area contributed by atoms with E-state index in [1.54, 1.807) is 24.5 Å². The quantitative estimate of drug-likeness (QED) is 0.118. The van der Waals surface area contributed by atoms with Crippen molar-refractivity contribution in [1.82, 2.24) is 48.6 Å². The highest BCUT2D eigenvalue weighted by Gasteiger charge is 2.48. The van der Waals surface area contributed by atoms with Crippen LogP contribution in [-0.2, 0) is 31.9 Å². The number of ether oxygens (including phenoxy) is 1. The van der Waals surface area contributed by atoms with Crippen molar-refractivity contribution in [2.75, 3.05) is 0 Å². The second kappa shape index (κ2) is 33.0. The number of oxazole rings is 1. The molecular weight excluding hydrogens is 1180 g/mol. The van der Waals surface area contributed by atoms with Crippen LogP contribution < -0.4 is 5.56 Å². The van der Waals surface area contributed by atoms with Crippen molar-refractivity contribution in [2.45, 2.75) is 224 Å². The summed E-state index contributed by atoms with van der Waals surface area (Å²) in [5.74, 6) is 4.61. The average molecular weight is 1270 g/mol. The molecule has 0 saturated carbocycles. The van der Waals surface area contributed by atoms with E-state index in [0.29, 0.717) is 52.2 Å². The molecular formula is C65H91Cl2N13O5S2. The van der Waals surface area contributed by atoms with Crippen molar-refractivity contribution in [3.05, 3.63) is 145 Å². The molecule has 1 aromatic carbocycles. The molecule has 0 spiro atoms. The first kappa shape index (κ1) is 76.4. The lowest BCUT2D eigenvalue weighted by Crippen LogP contribution is -2.29. The molecule has 18 nitrogen and oxygen atoms in total. The number of halogens is 2. The van der Waals surface area contributed by atoms with Gasteiger partial charge in [-0.05, 0) is 97.8 Å². The lowest BCUT2D eigenvalue weighted by molar-refractivity contribution is 0.256. The molecule has 0 aliphatic carbocycles. The second-order valence-electron chi connectivity index (χ2n) is 27.4. The van der Waals surface area contributed by atoms with Gasteiger partial charge in [-0.15, -0.1) is 5.10 Å². The minimum Gasteiger partial charge on any atom is -0.433 e. The Morgan fingerprint density at radius 1 is 0.644 bits per heavy atom. The van der Waals surface area contributed by atoms with Gasteiger partial charge in [0, 0.05) is 45.3 Å². The highest BCUT2D eigenvalue weighted by molar-refractivity contribution is 7.13. The summed E-state index contributed by atoms with van der Waals surface area (Å²) in [4.78, 5) is 31.8. The first-order chi connectivity index (χ1) is 39.9. The van der Waals surface area contributed by atoms with Gasteiger partial charge in [0.2, 0.25) is 5.89 Å². The summed E-state index contributed by atoms with van der Waals surface area (Å²) >= 11 is 14.5. The predicted octanol–water partition coefficient (Wildman–Crippen LogP) is 17.5. The largest absolute Gasteiger partial charge is 0.433 e. The summed E-state index contributed by atoms with van der Waals surface area (Å²) in [6.45, 7) is 51.8. The van der Waals surface area contributed by atoms with E-state index in [2.05, 4.69) is 132 Å². The van der Waals surface area contributed by atoms with Crippen LogP contribution in [0, 0.1) is 52.2 Å². The lowest BCUT2D eigenvalue weighted by atomic mass is 9.87. The van der Waals surface area contributed by atoms with Crippen LogP contribution in [0.5, 0.6) is 0 Å². The molecule has 1 aliphatic heterocycles. The summed E-state index contributed by atoms with van der Waals surface area (Å²) in [5, 5.41) is 39.3. The zero-order valence-electron chi connectivity index (χ0n) is 55.7. The number of pyridine rings is 2. The summed E-state index contributed by atoms with van der Waals surface area (Å²) in [5.41, 5.74) is 2.38. The second-order valence-corrected chi connectivity index (χ2v) is 30.2. The van der Waals surface area contributed by atoms with E-state index in [9.17, 15) is 4.79 Å². The number of rotatable bonds is 3. The van der Waals surface area contributed by atoms with Crippen molar-refractivity contribution in [3.8, 4) is 18.2 Å². The number of hydrogen-bond acceptors (Lipinski definition) is 19. The molecule has 1 aliphatic rings. The number of fused-ring (bicyclic) bond motifs is 1. The van der Waals surface area contributed by atoms with Crippen LogP contribution in [0.15, 0.2) is 85.4 Å². The average Bonchev–Trinajstić information content (AvgIpc) is 2.04. The van der Waals surface area contributed by atoms with Crippen molar-refractivity contribution in [3.63, 3.8) is 0 Å². The third kappa shape index (κ3) is 26.6. The number of hydrogen-bond donors (Lipinski definition) is 0. The first-order valence-corrected chi connectivity index (χ1v) is 30.9. The number of aromatic nitrogens is 10. The summed E-state index contributed by atoms with van der Waals surface area (Å²) in [7, 11) is 0. The highest BCUT2D eigenvalue weighted by Crippen LogP contribution is 2.41. The zero-order chi connectivity index (χ0) is 66.6. The number of nitrogens with zero attached hydrogens (tertiary/aromatic N) is 13. The summed E-state index contributed by atoms with van der Waals surface area (Å²) in [6.07, 6.45) is 7.96. The van der Waals surface area contributed by atoms with Gasteiger partial charge in [0.15, 0.2) is 24.0 Å².